The summed E-state index contributed by atoms with van der Waals surface area (Å²) in [6.07, 6.45) is 3.58. The molecule has 0 saturated carbocycles. The molecule has 1 heterocycles. The first-order valence-electron chi connectivity index (χ1n) is 11.4. The summed E-state index contributed by atoms with van der Waals surface area (Å²) in [5.41, 5.74) is 4.88. The van der Waals surface area contributed by atoms with E-state index >= 15 is 0 Å². The van der Waals surface area contributed by atoms with Gasteiger partial charge in [-0.05, 0) is 80.3 Å². The minimum absolute atomic E-state index is 0.100. The van der Waals surface area contributed by atoms with Crippen molar-refractivity contribution in [3.05, 3.63) is 107 Å². The Balaban J connectivity index is 1.30. The molecule has 4 aromatic rings. The first-order chi connectivity index (χ1) is 16.8. The lowest BCUT2D eigenvalue weighted by Crippen LogP contribution is -2.25. The Hall–Kier alpha value is -3.91. The fourth-order valence-electron chi connectivity index (χ4n) is 3.71. The Labute approximate surface area is 205 Å². The Morgan fingerprint density at radius 3 is 2.31 bits per heavy atom. The third-order valence-electron chi connectivity index (χ3n) is 5.75. The van der Waals surface area contributed by atoms with Crippen molar-refractivity contribution in [3.63, 3.8) is 0 Å². The van der Waals surface area contributed by atoms with Crippen LogP contribution in [-0.2, 0) is 16.4 Å². The lowest BCUT2D eigenvalue weighted by atomic mass is 10.1. The average molecular weight is 489 g/mol. The first kappa shape index (κ1) is 24.2. The summed E-state index contributed by atoms with van der Waals surface area (Å²) in [5, 5.41) is 7.48. The van der Waals surface area contributed by atoms with Crippen LogP contribution < -0.4 is 10.0 Å². The molecule has 0 bridgehead atoms. The van der Waals surface area contributed by atoms with Gasteiger partial charge in [0, 0.05) is 18.3 Å². The third kappa shape index (κ3) is 5.96. The van der Waals surface area contributed by atoms with Crippen molar-refractivity contribution in [1.29, 1.82) is 0 Å². The van der Waals surface area contributed by atoms with E-state index < -0.39 is 10.0 Å². The van der Waals surface area contributed by atoms with Gasteiger partial charge in [0.2, 0.25) is 0 Å². The SMILES string of the molecule is Cc1ccccc1NS(=O)(=O)c1ccc(C(=O)NCCCc2cn(-c3ccccc3)nc2C)cc1. The van der Waals surface area contributed by atoms with Crippen LogP contribution in [0, 0.1) is 13.8 Å². The van der Waals surface area contributed by atoms with E-state index in [1.165, 1.54) is 24.3 Å². The molecule has 0 aliphatic carbocycles. The highest BCUT2D eigenvalue weighted by Gasteiger charge is 2.16. The van der Waals surface area contributed by atoms with Crippen LogP contribution in [-0.4, -0.2) is 30.7 Å². The second-order valence-electron chi connectivity index (χ2n) is 8.32. The number of hydrogen-bond donors (Lipinski definition) is 2. The van der Waals surface area contributed by atoms with Crippen molar-refractivity contribution < 1.29 is 13.2 Å². The molecule has 0 aliphatic heterocycles. The summed E-state index contributed by atoms with van der Waals surface area (Å²) in [6, 6.07) is 23.0. The monoisotopic (exact) mass is 488 g/mol. The number of para-hydroxylation sites is 2. The molecule has 0 spiro atoms. The van der Waals surface area contributed by atoms with Crippen LogP contribution in [0.2, 0.25) is 0 Å². The average Bonchev–Trinajstić information content (AvgIpc) is 3.24. The van der Waals surface area contributed by atoms with Crippen LogP contribution >= 0.6 is 0 Å². The van der Waals surface area contributed by atoms with Crippen molar-refractivity contribution in [1.82, 2.24) is 15.1 Å². The van der Waals surface area contributed by atoms with Crippen molar-refractivity contribution >= 4 is 21.6 Å². The van der Waals surface area contributed by atoms with Crippen molar-refractivity contribution in [2.45, 2.75) is 31.6 Å². The third-order valence-corrected chi connectivity index (χ3v) is 7.13. The molecule has 0 saturated heterocycles. The molecule has 1 aromatic heterocycles. The number of rotatable bonds is 9. The van der Waals surface area contributed by atoms with Gasteiger partial charge < -0.3 is 5.32 Å². The van der Waals surface area contributed by atoms with Gasteiger partial charge in [0.05, 0.1) is 22.0 Å². The molecule has 0 fully saturated rings. The van der Waals surface area contributed by atoms with E-state index in [0.29, 0.717) is 17.8 Å². The van der Waals surface area contributed by atoms with Gasteiger partial charge in [0.1, 0.15) is 0 Å². The zero-order valence-electron chi connectivity index (χ0n) is 19.7. The Morgan fingerprint density at radius 2 is 1.60 bits per heavy atom. The predicted molar refractivity (Wildman–Crippen MR) is 137 cm³/mol. The van der Waals surface area contributed by atoms with Gasteiger partial charge in [-0.15, -0.1) is 0 Å². The minimum atomic E-state index is -3.74. The molecule has 180 valence electrons. The summed E-state index contributed by atoms with van der Waals surface area (Å²) in [7, 11) is -3.74. The van der Waals surface area contributed by atoms with Crippen LogP contribution in [0.3, 0.4) is 0 Å². The molecule has 0 aliphatic rings. The van der Waals surface area contributed by atoms with Crippen LogP contribution in [0.4, 0.5) is 5.69 Å². The number of sulfonamides is 1. The lowest BCUT2D eigenvalue weighted by molar-refractivity contribution is 0.0953. The summed E-state index contributed by atoms with van der Waals surface area (Å²) < 4.78 is 29.8. The van der Waals surface area contributed by atoms with Crippen molar-refractivity contribution in [2.24, 2.45) is 0 Å². The number of nitrogens with zero attached hydrogens (tertiary/aromatic N) is 2. The van der Waals surface area contributed by atoms with Crippen LogP contribution in [0.1, 0.15) is 33.6 Å². The number of hydrogen-bond acceptors (Lipinski definition) is 4. The zero-order valence-corrected chi connectivity index (χ0v) is 20.5. The topological polar surface area (TPSA) is 93.1 Å². The highest BCUT2D eigenvalue weighted by molar-refractivity contribution is 7.92. The normalized spacial score (nSPS) is 11.3. The van der Waals surface area contributed by atoms with Gasteiger partial charge >= 0.3 is 0 Å². The Bertz CT molecular complexity index is 1410. The first-order valence-corrected chi connectivity index (χ1v) is 12.9. The summed E-state index contributed by atoms with van der Waals surface area (Å²) in [6.45, 7) is 4.32. The maximum atomic E-state index is 12.7. The maximum absolute atomic E-state index is 12.7. The molecule has 1 amide bonds. The van der Waals surface area contributed by atoms with Crippen LogP contribution in [0.25, 0.3) is 5.69 Å². The molecular formula is C27H28N4O3S. The maximum Gasteiger partial charge on any atom is 0.261 e. The summed E-state index contributed by atoms with van der Waals surface area (Å²) >= 11 is 0. The molecule has 2 N–H and O–H groups in total. The van der Waals surface area contributed by atoms with Crippen molar-refractivity contribution in [2.75, 3.05) is 11.3 Å². The molecule has 0 unspecified atom stereocenters. The molecule has 7 nitrogen and oxygen atoms in total. The second kappa shape index (κ2) is 10.6. The second-order valence-corrected chi connectivity index (χ2v) is 10.0. The van der Waals surface area contributed by atoms with E-state index in [1.54, 1.807) is 12.1 Å². The van der Waals surface area contributed by atoms with Crippen LogP contribution in [0.15, 0.2) is 90.0 Å². The fraction of sp³-hybridized carbons (Fsp3) is 0.185. The highest BCUT2D eigenvalue weighted by Crippen LogP contribution is 2.20. The van der Waals surface area contributed by atoms with Crippen LogP contribution in [0.5, 0.6) is 0 Å². The number of aryl methyl sites for hydroxylation is 3. The Morgan fingerprint density at radius 1 is 0.914 bits per heavy atom. The standard InChI is InChI=1S/C27H28N4O3S/c1-20-9-6-7-13-26(20)30-35(33,34)25-16-14-22(15-17-25)27(32)28-18-8-10-23-19-31(29-21(23)2)24-11-4-3-5-12-24/h3-7,9,11-17,19,30H,8,10,18H2,1-2H3,(H,28,32). The number of carbonyl (C=O) groups is 1. The van der Waals surface area contributed by atoms with E-state index in [2.05, 4.69) is 15.1 Å². The number of nitrogens with one attached hydrogen (secondary N) is 2. The molecule has 35 heavy (non-hydrogen) atoms. The van der Waals surface area contributed by atoms with Gasteiger partial charge in [-0.2, -0.15) is 5.10 Å². The summed E-state index contributed by atoms with van der Waals surface area (Å²) in [5.74, 6) is -0.238. The van der Waals surface area contributed by atoms with E-state index in [9.17, 15) is 13.2 Å². The summed E-state index contributed by atoms with van der Waals surface area (Å²) in [4.78, 5) is 12.6. The van der Waals surface area contributed by atoms with Gasteiger partial charge in [0.15, 0.2) is 0 Å². The van der Waals surface area contributed by atoms with Gasteiger partial charge in [-0.1, -0.05) is 36.4 Å². The molecule has 0 atom stereocenters. The minimum Gasteiger partial charge on any atom is -0.352 e. The highest BCUT2D eigenvalue weighted by atomic mass is 32.2. The van der Waals surface area contributed by atoms with E-state index in [-0.39, 0.29) is 10.8 Å². The van der Waals surface area contributed by atoms with Crippen molar-refractivity contribution in [3.8, 4) is 5.69 Å². The predicted octanol–water partition coefficient (Wildman–Crippen LogP) is 4.65. The van der Waals surface area contributed by atoms with Gasteiger partial charge in [-0.25, -0.2) is 13.1 Å². The fourth-order valence-corrected chi connectivity index (χ4v) is 4.84. The Kier molecular flexibility index (Phi) is 7.31. The van der Waals surface area contributed by atoms with Gasteiger partial charge in [-0.3, -0.25) is 9.52 Å². The number of amides is 1. The molecule has 3 aromatic carbocycles. The molecular weight excluding hydrogens is 460 g/mol. The van der Waals surface area contributed by atoms with E-state index in [1.807, 2.05) is 67.2 Å². The van der Waals surface area contributed by atoms with E-state index in [0.717, 1.165) is 35.3 Å². The quantitative estimate of drug-likeness (QED) is 0.335. The smallest absolute Gasteiger partial charge is 0.261 e. The molecule has 4 rings (SSSR count). The zero-order chi connectivity index (χ0) is 24.8. The number of benzene rings is 3. The number of carbonyl (C=O) groups excluding carboxylic acids is 1. The number of anilines is 1. The van der Waals surface area contributed by atoms with E-state index in [4.69, 9.17) is 0 Å². The molecule has 8 heteroatoms. The lowest BCUT2D eigenvalue weighted by Gasteiger charge is -2.11. The van der Waals surface area contributed by atoms with Gasteiger partial charge in [0.25, 0.3) is 15.9 Å². The molecule has 0 radical (unpaired) electrons. The largest absolute Gasteiger partial charge is 0.352 e. The number of aromatic nitrogens is 2.